The maximum Gasteiger partial charge on any atom is 0.152 e. The summed E-state index contributed by atoms with van der Waals surface area (Å²) >= 11 is 1.95. The number of amidine groups is 1. The predicted octanol–water partition coefficient (Wildman–Crippen LogP) is 14.1. The molecule has 6 rings (SSSR count). The van der Waals surface area contributed by atoms with Crippen molar-refractivity contribution in [2.45, 2.75) is 107 Å². The highest BCUT2D eigenvalue weighted by molar-refractivity contribution is 7.13. The maximum atomic E-state index is 8.84. The van der Waals surface area contributed by atoms with Crippen molar-refractivity contribution in [1.82, 2.24) is 0 Å². The molecule has 0 spiro atoms. The summed E-state index contributed by atoms with van der Waals surface area (Å²) in [5.41, 5.74) is 11.7. The molecule has 49 heavy (non-hydrogen) atoms. The van der Waals surface area contributed by atoms with Crippen LogP contribution in [0, 0.1) is 12.3 Å². The quantitative estimate of drug-likeness (QED) is 0.162. The van der Waals surface area contributed by atoms with Crippen LogP contribution >= 0.6 is 11.3 Å². The first-order valence-corrected chi connectivity index (χ1v) is 19.0. The van der Waals surface area contributed by atoms with Crippen molar-refractivity contribution in [3.8, 4) is 0 Å². The monoisotopic (exact) mass is 670 g/mol. The molecule has 1 N–H and O–H groups in total. The highest BCUT2D eigenvalue weighted by Gasteiger charge is 2.37. The summed E-state index contributed by atoms with van der Waals surface area (Å²) in [4.78, 5) is 7.83. The average Bonchev–Trinajstić information content (AvgIpc) is 3.56. The van der Waals surface area contributed by atoms with Gasteiger partial charge in [0.25, 0.3) is 0 Å². The number of fused-ring (bicyclic) bond motifs is 2. The summed E-state index contributed by atoms with van der Waals surface area (Å²) < 4.78 is 0. The SMILES string of the molecule is CC.CC(C)=Cc1sc2c(c1C)C=CCC2c1ccc2c(c1)C(C)(C)C(C(=NC(=N)c1ccccc1)c1ccccc1)=C2.CCC.CCC. The van der Waals surface area contributed by atoms with Crippen LogP contribution in [-0.2, 0) is 5.41 Å². The van der Waals surface area contributed by atoms with E-state index in [1.165, 1.54) is 56.0 Å². The molecule has 2 aliphatic carbocycles. The van der Waals surface area contributed by atoms with Crippen molar-refractivity contribution in [2.75, 3.05) is 0 Å². The molecule has 2 aliphatic rings. The van der Waals surface area contributed by atoms with E-state index in [2.05, 4.69) is 117 Å². The summed E-state index contributed by atoms with van der Waals surface area (Å²) in [5.74, 6) is 0.635. The average molecular weight is 671 g/mol. The van der Waals surface area contributed by atoms with Crippen LogP contribution in [0.2, 0.25) is 0 Å². The van der Waals surface area contributed by atoms with Crippen molar-refractivity contribution in [3.63, 3.8) is 0 Å². The number of thiophene rings is 1. The molecule has 0 saturated carbocycles. The third-order valence-electron chi connectivity index (χ3n) is 8.35. The minimum atomic E-state index is -0.261. The molecule has 0 radical (unpaired) electrons. The Morgan fingerprint density at radius 2 is 1.45 bits per heavy atom. The molecule has 258 valence electrons. The fraction of sp³-hybridized carbons (Fsp3) is 0.348. The normalized spacial score (nSPS) is 15.1. The van der Waals surface area contributed by atoms with Gasteiger partial charge in [0, 0.05) is 32.2 Å². The van der Waals surface area contributed by atoms with Gasteiger partial charge in [0.05, 0.1) is 5.71 Å². The molecule has 2 nitrogen and oxygen atoms in total. The molecule has 1 unspecified atom stereocenters. The zero-order valence-corrected chi connectivity index (χ0v) is 32.7. The lowest BCUT2D eigenvalue weighted by Crippen LogP contribution is -2.24. The molecule has 0 saturated heterocycles. The lowest BCUT2D eigenvalue weighted by molar-refractivity contribution is 0.660. The smallest absolute Gasteiger partial charge is 0.152 e. The Hall–Kier alpha value is -4.08. The largest absolute Gasteiger partial charge is 0.282 e. The second-order valence-electron chi connectivity index (χ2n) is 13.3. The number of nitrogens with one attached hydrogen (secondary N) is 1. The highest BCUT2D eigenvalue weighted by atomic mass is 32.1. The van der Waals surface area contributed by atoms with Crippen molar-refractivity contribution >= 4 is 41.1 Å². The van der Waals surface area contributed by atoms with E-state index < -0.39 is 0 Å². The van der Waals surface area contributed by atoms with Crippen molar-refractivity contribution in [1.29, 1.82) is 5.41 Å². The molecular formula is C46H58N2S. The van der Waals surface area contributed by atoms with Gasteiger partial charge in [0.2, 0.25) is 0 Å². The van der Waals surface area contributed by atoms with Gasteiger partial charge in [0.1, 0.15) is 0 Å². The number of hydrogen-bond donors (Lipinski definition) is 1. The van der Waals surface area contributed by atoms with E-state index in [-0.39, 0.29) is 11.3 Å². The Labute approximate surface area is 302 Å². The van der Waals surface area contributed by atoms with Gasteiger partial charge < -0.3 is 0 Å². The zero-order valence-electron chi connectivity index (χ0n) is 31.9. The van der Waals surface area contributed by atoms with Gasteiger partial charge in [-0.1, -0.05) is 165 Å². The molecule has 0 fully saturated rings. The molecule has 1 atom stereocenters. The fourth-order valence-electron chi connectivity index (χ4n) is 6.10. The van der Waals surface area contributed by atoms with E-state index in [9.17, 15) is 0 Å². The number of benzene rings is 3. The van der Waals surface area contributed by atoms with Crippen molar-refractivity contribution in [2.24, 2.45) is 4.99 Å². The maximum absolute atomic E-state index is 8.84. The van der Waals surface area contributed by atoms with Crippen LogP contribution in [0.1, 0.15) is 143 Å². The fourth-order valence-corrected chi connectivity index (χ4v) is 7.60. The molecular weight excluding hydrogens is 613 g/mol. The van der Waals surface area contributed by atoms with Gasteiger partial charge in [0.15, 0.2) is 5.84 Å². The molecule has 1 heterocycles. The predicted molar refractivity (Wildman–Crippen MR) is 221 cm³/mol. The second kappa shape index (κ2) is 18.6. The van der Waals surface area contributed by atoms with Crippen molar-refractivity contribution < 1.29 is 0 Å². The van der Waals surface area contributed by atoms with Gasteiger partial charge in [-0.15, -0.1) is 11.3 Å². The molecule has 0 aliphatic heterocycles. The van der Waals surface area contributed by atoms with Gasteiger partial charge in [-0.25, -0.2) is 4.99 Å². The third kappa shape index (κ3) is 9.34. The lowest BCUT2D eigenvalue weighted by atomic mass is 9.76. The summed E-state index contributed by atoms with van der Waals surface area (Å²) in [6.07, 6.45) is 12.8. The standard InChI is InChI=1S/C38H36N2S.2C3H8.C2H6/c1-24(2)21-34-25(3)30-17-12-18-31(36(30)41-34)28-19-20-29-23-33(38(4,5)32(29)22-28)35(26-13-8-6-9-14-26)40-37(39)27-15-10-7-11-16-27;2*1-3-2;1-2/h6-17,19-23,31,39H,18H2,1-5H3;2*3H2,1-2H3;1-2H3. The molecule has 3 aromatic carbocycles. The van der Waals surface area contributed by atoms with E-state index in [1.54, 1.807) is 0 Å². The van der Waals surface area contributed by atoms with Crippen LogP contribution in [0.15, 0.2) is 101 Å². The van der Waals surface area contributed by atoms with E-state index >= 15 is 0 Å². The second-order valence-corrected chi connectivity index (χ2v) is 14.4. The zero-order chi connectivity index (χ0) is 36.1. The first kappa shape index (κ1) is 39.4. The van der Waals surface area contributed by atoms with Crippen molar-refractivity contribution in [3.05, 3.63) is 145 Å². The van der Waals surface area contributed by atoms with Crippen LogP contribution in [0.25, 0.3) is 18.2 Å². The summed E-state index contributed by atoms with van der Waals surface area (Å²) in [6.45, 7) is 23.7. The van der Waals surface area contributed by atoms with Crippen LogP contribution in [0.5, 0.6) is 0 Å². The summed E-state index contributed by atoms with van der Waals surface area (Å²) in [5, 5.41) is 8.84. The Bertz CT molecular complexity index is 1790. The lowest BCUT2D eigenvalue weighted by Gasteiger charge is -2.28. The van der Waals surface area contributed by atoms with E-state index in [0.717, 1.165) is 28.8 Å². The van der Waals surface area contributed by atoms with Crippen LogP contribution in [0.4, 0.5) is 0 Å². The Balaban J connectivity index is 0.000000747. The van der Waals surface area contributed by atoms with Crippen LogP contribution in [0.3, 0.4) is 0 Å². The van der Waals surface area contributed by atoms with E-state index in [1.807, 2.05) is 73.7 Å². The molecule has 1 aromatic heterocycles. The number of aliphatic imine (C=N–C) groups is 1. The van der Waals surface area contributed by atoms with Gasteiger partial charge in [-0.05, 0) is 72.7 Å². The van der Waals surface area contributed by atoms with Gasteiger partial charge in [-0.3, -0.25) is 5.41 Å². The van der Waals surface area contributed by atoms with E-state index in [0.29, 0.717) is 5.92 Å². The Morgan fingerprint density at radius 3 is 2.02 bits per heavy atom. The van der Waals surface area contributed by atoms with E-state index in [4.69, 9.17) is 10.4 Å². The minimum Gasteiger partial charge on any atom is -0.282 e. The number of nitrogens with zero attached hydrogens (tertiary/aromatic N) is 1. The minimum absolute atomic E-state index is 0.261. The first-order valence-electron chi connectivity index (χ1n) is 18.2. The molecule has 0 bridgehead atoms. The number of rotatable bonds is 5. The van der Waals surface area contributed by atoms with Gasteiger partial charge in [-0.2, -0.15) is 0 Å². The van der Waals surface area contributed by atoms with Gasteiger partial charge >= 0.3 is 0 Å². The van der Waals surface area contributed by atoms with Crippen LogP contribution in [-0.4, -0.2) is 11.5 Å². The first-order chi connectivity index (χ1) is 23.6. The number of allylic oxidation sites excluding steroid dienone is 3. The van der Waals surface area contributed by atoms with Crippen LogP contribution < -0.4 is 0 Å². The molecule has 3 heteroatoms. The Kier molecular flexibility index (Phi) is 15.0. The summed E-state index contributed by atoms with van der Waals surface area (Å²) in [6, 6.07) is 27.2. The molecule has 4 aromatic rings. The summed E-state index contributed by atoms with van der Waals surface area (Å²) in [7, 11) is 0. The number of hydrogen-bond acceptors (Lipinski definition) is 2. The Morgan fingerprint density at radius 1 is 0.878 bits per heavy atom. The molecule has 0 amide bonds. The highest BCUT2D eigenvalue weighted by Crippen LogP contribution is 2.47. The third-order valence-corrected chi connectivity index (χ3v) is 9.72. The topological polar surface area (TPSA) is 36.2 Å².